The molecule has 28 heavy (non-hydrogen) atoms. The molecule has 1 aliphatic heterocycles. The van der Waals surface area contributed by atoms with E-state index < -0.39 is 16.8 Å². The van der Waals surface area contributed by atoms with Crippen LogP contribution in [-0.4, -0.2) is 39.4 Å². The predicted octanol–water partition coefficient (Wildman–Crippen LogP) is 3.57. The lowest BCUT2D eigenvalue weighted by Crippen LogP contribution is -2.17. The number of ether oxygens (including phenoxy) is 3. The van der Waals surface area contributed by atoms with Gasteiger partial charge in [0.25, 0.3) is 0 Å². The normalized spacial score (nSPS) is 13.6. The van der Waals surface area contributed by atoms with Crippen LogP contribution in [0, 0.1) is 0 Å². The first-order valence-electron chi connectivity index (χ1n) is 9.14. The Kier molecular flexibility index (Phi) is 6.61. The van der Waals surface area contributed by atoms with E-state index in [1.807, 2.05) is 0 Å². The van der Waals surface area contributed by atoms with Gasteiger partial charge in [-0.15, -0.1) is 0 Å². The molecule has 1 aromatic carbocycles. The second-order valence-electron chi connectivity index (χ2n) is 6.34. The molecule has 7 nitrogen and oxygen atoms in total. The molecule has 0 radical (unpaired) electrons. The fraction of sp³-hybridized carbons (Fsp3) is 0.474. The average Bonchev–Trinajstić information content (AvgIpc) is 3.24. The van der Waals surface area contributed by atoms with E-state index >= 15 is 0 Å². The number of rotatable bonds is 8. The Hall–Kier alpha value is -2.06. The Morgan fingerprint density at radius 1 is 1.32 bits per heavy atom. The molecule has 1 unspecified atom stereocenters. The molecule has 0 amide bonds. The summed E-state index contributed by atoms with van der Waals surface area (Å²) in [6.07, 6.45) is 4.02. The maximum absolute atomic E-state index is 12.6. The van der Waals surface area contributed by atoms with Crippen LogP contribution >= 0.6 is 11.6 Å². The van der Waals surface area contributed by atoms with Crippen molar-refractivity contribution in [2.75, 3.05) is 19.7 Å². The van der Waals surface area contributed by atoms with E-state index in [2.05, 4.69) is 11.9 Å². The molecular weight excluding hydrogens is 404 g/mol. The van der Waals surface area contributed by atoms with Gasteiger partial charge in [-0.05, 0) is 25.0 Å². The third-order valence-corrected chi connectivity index (χ3v) is 5.56. The Labute approximate surface area is 171 Å². The number of aromatic nitrogens is 2. The highest BCUT2D eigenvalue weighted by atomic mass is 35.5. The van der Waals surface area contributed by atoms with Crippen LogP contribution in [-0.2, 0) is 28.5 Å². The maximum Gasteiger partial charge on any atom is 0.357 e. The molecule has 0 bridgehead atoms. The van der Waals surface area contributed by atoms with Gasteiger partial charge in [0.2, 0.25) is 6.79 Å². The van der Waals surface area contributed by atoms with Crippen LogP contribution in [0.4, 0.5) is 0 Å². The Balaban J connectivity index is 2.09. The molecule has 2 aromatic rings. The van der Waals surface area contributed by atoms with Crippen molar-refractivity contribution in [2.24, 2.45) is 0 Å². The zero-order valence-electron chi connectivity index (χ0n) is 16.1. The van der Waals surface area contributed by atoms with Crippen molar-refractivity contribution in [3.8, 4) is 11.5 Å². The van der Waals surface area contributed by atoms with Gasteiger partial charge < -0.3 is 18.8 Å². The number of hydrogen-bond acceptors (Lipinski definition) is 6. The molecule has 9 heteroatoms. The van der Waals surface area contributed by atoms with E-state index in [1.165, 1.54) is 6.26 Å². The predicted molar refractivity (Wildman–Crippen MR) is 106 cm³/mol. The van der Waals surface area contributed by atoms with Gasteiger partial charge in [-0.3, -0.25) is 4.21 Å². The molecule has 3 rings (SSSR count). The Morgan fingerprint density at radius 3 is 2.68 bits per heavy atom. The maximum atomic E-state index is 12.6. The molecular formula is C19H23ClN2O5S. The van der Waals surface area contributed by atoms with E-state index in [-0.39, 0.29) is 30.7 Å². The topological polar surface area (TPSA) is 79.7 Å². The van der Waals surface area contributed by atoms with Crippen molar-refractivity contribution < 1.29 is 23.2 Å². The summed E-state index contributed by atoms with van der Waals surface area (Å²) >= 11 is 6.43. The van der Waals surface area contributed by atoms with Crippen molar-refractivity contribution >= 4 is 28.4 Å². The Morgan fingerprint density at radius 2 is 2.04 bits per heavy atom. The van der Waals surface area contributed by atoms with Crippen LogP contribution in [0.1, 0.15) is 48.6 Å². The highest BCUT2D eigenvalue weighted by Gasteiger charge is 2.27. The summed E-state index contributed by atoms with van der Waals surface area (Å²) in [4.78, 5) is 17.2. The minimum atomic E-state index is -1.43. The highest BCUT2D eigenvalue weighted by Crippen LogP contribution is 2.37. The first kappa shape index (κ1) is 20.7. The monoisotopic (exact) mass is 426 g/mol. The zero-order valence-corrected chi connectivity index (χ0v) is 17.7. The summed E-state index contributed by atoms with van der Waals surface area (Å²) in [5, 5.41) is 0.731. The van der Waals surface area contributed by atoms with E-state index in [9.17, 15) is 9.00 Å². The number of imidazole rings is 1. The molecule has 0 N–H and O–H groups in total. The molecule has 0 saturated heterocycles. The number of aryl methyl sites for hydroxylation is 1. The number of unbranched alkanes of at least 4 members (excludes halogenated alkanes) is 1. The van der Waals surface area contributed by atoms with Gasteiger partial charge in [-0.25, -0.2) is 9.78 Å². The molecule has 0 saturated carbocycles. The molecule has 1 aromatic heterocycles. The van der Waals surface area contributed by atoms with Gasteiger partial charge in [0.15, 0.2) is 22.2 Å². The standard InChI is InChI=1S/C19H23ClN2O5S/c1-4-6-7-16-21-18(28(3)24)17(19(23)25-5-2)22(16)10-12-8-14-15(9-13(12)20)27-11-26-14/h8-9H,4-7,10-11H2,1-3H3. The molecule has 152 valence electrons. The number of benzene rings is 1. The first-order chi connectivity index (χ1) is 13.5. The van der Waals surface area contributed by atoms with Crippen molar-refractivity contribution in [1.29, 1.82) is 0 Å². The lowest BCUT2D eigenvalue weighted by atomic mass is 10.2. The van der Waals surface area contributed by atoms with Crippen LogP contribution < -0.4 is 9.47 Å². The second kappa shape index (κ2) is 8.96. The zero-order chi connectivity index (χ0) is 20.3. The number of fused-ring (bicyclic) bond motifs is 1. The van der Waals surface area contributed by atoms with Crippen LogP contribution in [0.15, 0.2) is 17.2 Å². The number of nitrogens with zero attached hydrogens (tertiary/aromatic N) is 2. The number of esters is 1. The summed E-state index contributed by atoms with van der Waals surface area (Å²) < 4.78 is 30.0. The number of hydrogen-bond donors (Lipinski definition) is 0. The van der Waals surface area contributed by atoms with E-state index in [0.717, 1.165) is 18.4 Å². The van der Waals surface area contributed by atoms with Crippen molar-refractivity contribution in [3.05, 3.63) is 34.2 Å². The van der Waals surface area contributed by atoms with Crippen molar-refractivity contribution in [1.82, 2.24) is 9.55 Å². The fourth-order valence-electron chi connectivity index (χ4n) is 3.02. The first-order valence-corrected chi connectivity index (χ1v) is 11.1. The third-order valence-electron chi connectivity index (χ3n) is 4.38. The van der Waals surface area contributed by atoms with Crippen molar-refractivity contribution in [2.45, 2.75) is 44.7 Å². The van der Waals surface area contributed by atoms with Gasteiger partial charge in [-0.2, -0.15) is 0 Å². The van der Waals surface area contributed by atoms with E-state index in [0.29, 0.717) is 28.8 Å². The van der Waals surface area contributed by atoms with Crippen LogP contribution in [0.2, 0.25) is 5.02 Å². The third kappa shape index (κ3) is 4.17. The molecule has 0 spiro atoms. The van der Waals surface area contributed by atoms with Crippen LogP contribution in [0.3, 0.4) is 0 Å². The summed E-state index contributed by atoms with van der Waals surface area (Å²) in [7, 11) is -1.43. The Bertz CT molecular complexity index is 912. The van der Waals surface area contributed by atoms with Gasteiger partial charge in [0.05, 0.1) is 24.0 Å². The summed E-state index contributed by atoms with van der Waals surface area (Å²) in [5.74, 6) is 1.34. The minimum absolute atomic E-state index is 0.148. The van der Waals surface area contributed by atoms with Crippen molar-refractivity contribution in [3.63, 3.8) is 0 Å². The summed E-state index contributed by atoms with van der Waals surface area (Å²) in [6, 6.07) is 3.50. The minimum Gasteiger partial charge on any atom is -0.461 e. The largest absolute Gasteiger partial charge is 0.461 e. The molecule has 0 aliphatic carbocycles. The fourth-order valence-corrected chi connectivity index (χ4v) is 3.93. The lowest BCUT2D eigenvalue weighted by molar-refractivity contribution is 0.0509. The van der Waals surface area contributed by atoms with Gasteiger partial charge in [-0.1, -0.05) is 24.9 Å². The number of halogens is 1. The van der Waals surface area contributed by atoms with Crippen LogP contribution in [0.25, 0.3) is 0 Å². The van der Waals surface area contributed by atoms with Gasteiger partial charge in [0.1, 0.15) is 5.82 Å². The van der Waals surface area contributed by atoms with Gasteiger partial charge >= 0.3 is 5.97 Å². The molecule has 2 heterocycles. The van der Waals surface area contributed by atoms with Gasteiger partial charge in [0, 0.05) is 23.8 Å². The SMILES string of the molecule is CCCCc1nc(S(C)=O)c(C(=O)OCC)n1Cc1cc2c(cc1Cl)OCO2. The molecule has 1 atom stereocenters. The number of carbonyl (C=O) groups is 1. The van der Waals surface area contributed by atoms with Crippen LogP contribution in [0.5, 0.6) is 11.5 Å². The number of carbonyl (C=O) groups excluding carboxylic acids is 1. The molecule has 0 fully saturated rings. The lowest BCUT2D eigenvalue weighted by Gasteiger charge is -2.13. The van der Waals surface area contributed by atoms with E-state index in [4.69, 9.17) is 25.8 Å². The summed E-state index contributed by atoms with van der Waals surface area (Å²) in [6.45, 7) is 4.46. The molecule has 1 aliphatic rings. The summed E-state index contributed by atoms with van der Waals surface area (Å²) in [5.41, 5.74) is 0.961. The second-order valence-corrected chi connectivity index (χ2v) is 8.05. The van der Waals surface area contributed by atoms with E-state index in [1.54, 1.807) is 23.6 Å². The highest BCUT2D eigenvalue weighted by molar-refractivity contribution is 7.84. The quantitative estimate of drug-likeness (QED) is 0.600. The smallest absolute Gasteiger partial charge is 0.357 e. The average molecular weight is 427 g/mol.